The van der Waals surface area contributed by atoms with Gasteiger partial charge in [-0.25, -0.2) is 19.0 Å². The van der Waals surface area contributed by atoms with Crippen LogP contribution in [-0.2, 0) is 14.8 Å². The van der Waals surface area contributed by atoms with Crippen molar-refractivity contribution in [2.24, 2.45) is 5.84 Å². The van der Waals surface area contributed by atoms with Gasteiger partial charge in [-0.1, -0.05) is 11.3 Å². The highest BCUT2D eigenvalue weighted by Gasteiger charge is 2.26. The number of nitro groups is 1. The predicted molar refractivity (Wildman–Crippen MR) is 75.1 cm³/mol. The Morgan fingerprint density at radius 3 is 2.70 bits per heavy atom. The van der Waals surface area contributed by atoms with Crippen molar-refractivity contribution >= 4 is 32.0 Å². The van der Waals surface area contributed by atoms with Crippen LogP contribution in [0.1, 0.15) is 13.8 Å². The fourth-order valence-electron chi connectivity index (χ4n) is 1.37. The fourth-order valence-corrected chi connectivity index (χ4v) is 3.77. The molecule has 0 bridgehead atoms. The van der Waals surface area contributed by atoms with Gasteiger partial charge in [0, 0.05) is 19.2 Å². The van der Waals surface area contributed by atoms with Crippen LogP contribution in [0.4, 0.5) is 10.7 Å². The first-order valence-electron chi connectivity index (χ1n) is 5.68. The van der Waals surface area contributed by atoms with Crippen LogP contribution in [-0.4, -0.2) is 32.6 Å². The van der Waals surface area contributed by atoms with Gasteiger partial charge in [0.2, 0.25) is 10.0 Å². The molecule has 0 saturated heterocycles. The third-order valence-corrected chi connectivity index (χ3v) is 5.25. The minimum Gasteiger partial charge on any atom is -0.377 e. The van der Waals surface area contributed by atoms with Gasteiger partial charge in [0.25, 0.3) is 0 Å². The number of thiophene rings is 1. The Labute approximate surface area is 120 Å². The zero-order valence-corrected chi connectivity index (χ0v) is 12.6. The molecule has 0 amide bonds. The lowest BCUT2D eigenvalue weighted by Gasteiger charge is -2.11. The molecule has 0 spiro atoms. The number of sulfonamides is 1. The largest absolute Gasteiger partial charge is 0.377 e. The van der Waals surface area contributed by atoms with Crippen LogP contribution in [0, 0.1) is 10.1 Å². The van der Waals surface area contributed by atoms with Crippen LogP contribution in [0.25, 0.3) is 0 Å². The Balaban J connectivity index is 2.90. The molecule has 1 atom stereocenters. The van der Waals surface area contributed by atoms with Crippen LogP contribution >= 0.6 is 11.3 Å². The number of nitrogen functional groups attached to an aromatic ring is 1. The summed E-state index contributed by atoms with van der Waals surface area (Å²) in [5.41, 5.74) is 1.74. The molecule has 0 aliphatic carbocycles. The van der Waals surface area contributed by atoms with E-state index in [4.69, 9.17) is 10.6 Å². The molecule has 0 saturated carbocycles. The van der Waals surface area contributed by atoms with Crippen molar-refractivity contribution in [3.05, 3.63) is 16.2 Å². The summed E-state index contributed by atoms with van der Waals surface area (Å²) in [7, 11) is -3.83. The molecule has 1 rings (SSSR count). The second kappa shape index (κ2) is 6.95. The highest BCUT2D eigenvalue weighted by atomic mass is 32.2. The lowest BCUT2D eigenvalue weighted by molar-refractivity contribution is -0.383. The van der Waals surface area contributed by atoms with Crippen molar-refractivity contribution in [3.63, 3.8) is 0 Å². The zero-order valence-electron chi connectivity index (χ0n) is 11.0. The van der Waals surface area contributed by atoms with Crippen molar-refractivity contribution in [1.82, 2.24) is 4.72 Å². The van der Waals surface area contributed by atoms with Gasteiger partial charge in [-0.2, -0.15) is 0 Å². The quantitative estimate of drug-likeness (QED) is 0.362. The van der Waals surface area contributed by atoms with Gasteiger partial charge < -0.3 is 10.2 Å². The first-order valence-corrected chi connectivity index (χ1v) is 7.97. The normalized spacial score (nSPS) is 13.2. The molecule has 0 fully saturated rings. The number of rotatable bonds is 8. The Bertz CT molecular complexity index is 571. The van der Waals surface area contributed by atoms with Gasteiger partial charge in [0.15, 0.2) is 5.00 Å². The Morgan fingerprint density at radius 2 is 2.25 bits per heavy atom. The summed E-state index contributed by atoms with van der Waals surface area (Å²) < 4.78 is 31.3. The Morgan fingerprint density at radius 1 is 1.60 bits per heavy atom. The molecule has 0 aliphatic heterocycles. The third-order valence-electron chi connectivity index (χ3n) is 2.29. The SMILES string of the molecule is CCOC(C)CNS(=O)(=O)c1cc([N+](=O)[O-])c(NN)s1. The van der Waals surface area contributed by atoms with Gasteiger partial charge in [-0.15, -0.1) is 0 Å². The number of ether oxygens (including phenoxy) is 1. The van der Waals surface area contributed by atoms with Crippen LogP contribution in [0.5, 0.6) is 0 Å². The lowest BCUT2D eigenvalue weighted by atomic mass is 10.4. The molecule has 1 heterocycles. The highest BCUT2D eigenvalue weighted by molar-refractivity contribution is 7.91. The minimum absolute atomic E-state index is 0.0202. The number of nitrogens with two attached hydrogens (primary N) is 1. The van der Waals surface area contributed by atoms with Crippen LogP contribution in [0.15, 0.2) is 10.3 Å². The van der Waals surface area contributed by atoms with Gasteiger partial charge in [0.05, 0.1) is 11.0 Å². The molecule has 1 aromatic heterocycles. The summed E-state index contributed by atoms with van der Waals surface area (Å²) >= 11 is 0.691. The zero-order chi connectivity index (χ0) is 15.3. The molecule has 11 heteroatoms. The molecule has 114 valence electrons. The first kappa shape index (κ1) is 16.8. The molecule has 0 aromatic carbocycles. The second-order valence-corrected chi connectivity index (χ2v) is 6.85. The van der Waals surface area contributed by atoms with E-state index in [0.717, 1.165) is 6.07 Å². The summed E-state index contributed by atoms with van der Waals surface area (Å²) in [6.45, 7) is 4.06. The standard InChI is InChI=1S/C9H16N4O5S2/c1-3-18-6(2)5-11-20(16,17)8-4-7(13(14)15)9(12-10)19-8/h4,6,11-12H,3,5,10H2,1-2H3. The molecule has 9 nitrogen and oxygen atoms in total. The number of nitrogens with zero attached hydrogens (tertiary/aromatic N) is 1. The van der Waals surface area contributed by atoms with E-state index < -0.39 is 14.9 Å². The number of hydrogen-bond donors (Lipinski definition) is 3. The van der Waals surface area contributed by atoms with E-state index in [1.165, 1.54) is 0 Å². The average Bonchev–Trinajstić information content (AvgIpc) is 2.82. The third kappa shape index (κ3) is 4.11. The molecule has 0 aliphatic rings. The summed E-state index contributed by atoms with van der Waals surface area (Å²) in [6, 6.07) is 0.966. The monoisotopic (exact) mass is 324 g/mol. The molecule has 1 unspecified atom stereocenters. The van der Waals surface area contributed by atoms with Crippen molar-refractivity contribution in [2.75, 3.05) is 18.6 Å². The predicted octanol–water partition coefficient (Wildman–Crippen LogP) is 0.645. The van der Waals surface area contributed by atoms with Gasteiger partial charge >= 0.3 is 5.69 Å². The van der Waals surface area contributed by atoms with Crippen molar-refractivity contribution < 1.29 is 18.1 Å². The second-order valence-electron chi connectivity index (χ2n) is 3.80. The van der Waals surface area contributed by atoms with E-state index in [2.05, 4.69) is 10.1 Å². The summed E-state index contributed by atoms with van der Waals surface area (Å²) in [4.78, 5) is 10.1. The maximum atomic E-state index is 12.0. The van der Waals surface area contributed by atoms with E-state index >= 15 is 0 Å². The Hall–Kier alpha value is -1.27. The van der Waals surface area contributed by atoms with E-state index in [-0.39, 0.29) is 27.5 Å². The number of hydrogen-bond acceptors (Lipinski definition) is 8. The summed E-state index contributed by atoms with van der Waals surface area (Å²) in [5.74, 6) is 5.13. The highest BCUT2D eigenvalue weighted by Crippen LogP contribution is 2.36. The molecule has 1 aromatic rings. The summed E-state index contributed by atoms with van der Waals surface area (Å²) in [6.07, 6.45) is -0.295. The van der Waals surface area contributed by atoms with Gasteiger partial charge in [-0.3, -0.25) is 10.1 Å². The van der Waals surface area contributed by atoms with E-state index in [0.29, 0.717) is 17.9 Å². The lowest BCUT2D eigenvalue weighted by Crippen LogP contribution is -2.31. The van der Waals surface area contributed by atoms with Crippen LogP contribution in [0.2, 0.25) is 0 Å². The molecule has 4 N–H and O–H groups in total. The first-order chi connectivity index (χ1) is 9.31. The van der Waals surface area contributed by atoms with Crippen LogP contribution in [0.3, 0.4) is 0 Å². The summed E-state index contributed by atoms with van der Waals surface area (Å²) in [5, 5.41) is 10.7. The van der Waals surface area contributed by atoms with Crippen molar-refractivity contribution in [2.45, 2.75) is 24.2 Å². The molecule has 20 heavy (non-hydrogen) atoms. The van der Waals surface area contributed by atoms with Gasteiger partial charge in [0.1, 0.15) is 4.21 Å². The average molecular weight is 324 g/mol. The van der Waals surface area contributed by atoms with E-state index in [1.54, 1.807) is 13.8 Å². The number of anilines is 1. The molecular formula is C9H16N4O5S2. The van der Waals surface area contributed by atoms with Crippen molar-refractivity contribution in [3.8, 4) is 0 Å². The number of hydrazine groups is 1. The van der Waals surface area contributed by atoms with Gasteiger partial charge in [-0.05, 0) is 13.8 Å². The maximum Gasteiger partial charge on any atom is 0.306 e. The fraction of sp³-hybridized carbons (Fsp3) is 0.556. The van der Waals surface area contributed by atoms with E-state index in [9.17, 15) is 18.5 Å². The molecule has 0 radical (unpaired) electrons. The minimum atomic E-state index is -3.83. The topological polar surface area (TPSA) is 137 Å². The Kier molecular flexibility index (Phi) is 5.83. The van der Waals surface area contributed by atoms with E-state index in [1.807, 2.05) is 0 Å². The van der Waals surface area contributed by atoms with Crippen molar-refractivity contribution in [1.29, 1.82) is 0 Å². The number of nitrogens with one attached hydrogen (secondary N) is 2. The smallest absolute Gasteiger partial charge is 0.306 e. The molecular weight excluding hydrogens is 308 g/mol. The van der Waals surface area contributed by atoms with Crippen LogP contribution < -0.4 is 16.0 Å². The maximum absolute atomic E-state index is 12.0.